The van der Waals surface area contributed by atoms with E-state index in [-0.39, 0.29) is 29.5 Å². The van der Waals surface area contributed by atoms with Crippen molar-refractivity contribution in [2.45, 2.75) is 57.9 Å². The van der Waals surface area contributed by atoms with E-state index in [1.807, 2.05) is 6.92 Å². The fourth-order valence-corrected chi connectivity index (χ4v) is 3.99. The lowest BCUT2D eigenvalue weighted by Crippen LogP contribution is -2.46. The Balaban J connectivity index is 1.74. The number of rotatable bonds is 8. The molecular weight excluding hydrogens is 379 g/mol. The first-order chi connectivity index (χ1) is 13.9. The van der Waals surface area contributed by atoms with Gasteiger partial charge in [-0.2, -0.15) is 0 Å². The lowest BCUT2D eigenvalue weighted by molar-refractivity contribution is -0.143. The number of amides is 3. The Labute approximate surface area is 168 Å². The Kier molecular flexibility index (Phi) is 6.46. The van der Waals surface area contributed by atoms with Crippen molar-refractivity contribution in [1.82, 2.24) is 15.4 Å². The Bertz CT molecular complexity index is 766. The third-order valence-corrected chi connectivity index (χ3v) is 5.84. The van der Waals surface area contributed by atoms with Gasteiger partial charge in [-0.05, 0) is 43.2 Å². The Morgan fingerprint density at radius 1 is 1.38 bits per heavy atom. The molecule has 2 atom stereocenters. The minimum atomic E-state index is -0.654. The minimum absolute atomic E-state index is 0.0254. The van der Waals surface area contributed by atoms with Gasteiger partial charge in [-0.25, -0.2) is 14.9 Å². The SMILES string of the molecule is CCCC[C@H](CC(=O)NO)C(=O)N1CC2(CC2)C[C@H]1C(=O)Nc1ccc(F)cn1. The second-order valence-electron chi connectivity index (χ2n) is 8.12. The van der Waals surface area contributed by atoms with E-state index in [4.69, 9.17) is 5.21 Å². The predicted octanol–water partition coefficient (Wildman–Crippen LogP) is 2.24. The number of aromatic nitrogens is 1. The number of likely N-dealkylation sites (tertiary alicyclic amines) is 1. The molecule has 1 saturated carbocycles. The second kappa shape index (κ2) is 8.86. The van der Waals surface area contributed by atoms with Crippen LogP contribution in [0, 0.1) is 17.2 Å². The van der Waals surface area contributed by atoms with Gasteiger partial charge in [0.25, 0.3) is 0 Å². The fourth-order valence-electron chi connectivity index (χ4n) is 3.99. The molecule has 0 radical (unpaired) electrons. The van der Waals surface area contributed by atoms with Gasteiger partial charge in [-0.3, -0.25) is 19.6 Å². The molecule has 0 aromatic carbocycles. The molecule has 0 bridgehead atoms. The molecule has 2 aliphatic rings. The van der Waals surface area contributed by atoms with Gasteiger partial charge >= 0.3 is 0 Å². The van der Waals surface area contributed by atoms with Gasteiger partial charge in [0.05, 0.1) is 6.20 Å². The zero-order valence-electron chi connectivity index (χ0n) is 16.5. The molecule has 1 aliphatic heterocycles. The van der Waals surface area contributed by atoms with Crippen LogP contribution in [0.1, 0.15) is 51.9 Å². The van der Waals surface area contributed by atoms with Crippen molar-refractivity contribution in [3.63, 3.8) is 0 Å². The molecule has 3 rings (SSSR count). The molecular formula is C20H27FN4O4. The Hall–Kier alpha value is -2.55. The standard InChI is InChI=1S/C20H27FN4O4/c1-2-3-4-13(9-17(26)24-29)19(28)25-12-20(7-8-20)10-15(25)18(27)23-16-6-5-14(21)11-22-16/h5-6,11,13,15,29H,2-4,7-10,12H2,1H3,(H,24,26)(H,22,23,27)/t13-,15+/m1/s1. The van der Waals surface area contributed by atoms with Gasteiger partial charge in [0, 0.05) is 18.9 Å². The summed E-state index contributed by atoms with van der Waals surface area (Å²) in [6, 6.07) is 1.92. The van der Waals surface area contributed by atoms with Gasteiger partial charge < -0.3 is 10.2 Å². The van der Waals surface area contributed by atoms with E-state index in [1.54, 1.807) is 10.4 Å². The summed E-state index contributed by atoms with van der Waals surface area (Å²) in [5.74, 6) is -2.08. The smallest absolute Gasteiger partial charge is 0.248 e. The molecule has 3 N–H and O–H groups in total. The van der Waals surface area contributed by atoms with Crippen LogP contribution in [0.3, 0.4) is 0 Å². The van der Waals surface area contributed by atoms with Crippen molar-refractivity contribution < 1.29 is 24.0 Å². The molecule has 9 heteroatoms. The number of anilines is 1. The number of pyridine rings is 1. The third kappa shape index (κ3) is 5.09. The summed E-state index contributed by atoms with van der Waals surface area (Å²) in [5.41, 5.74) is 1.56. The van der Waals surface area contributed by atoms with Crippen molar-refractivity contribution in [3.05, 3.63) is 24.1 Å². The molecule has 8 nitrogen and oxygen atoms in total. The molecule has 1 aromatic heterocycles. The van der Waals surface area contributed by atoms with E-state index < -0.39 is 23.7 Å². The van der Waals surface area contributed by atoms with Crippen LogP contribution in [0.5, 0.6) is 0 Å². The number of hydrogen-bond donors (Lipinski definition) is 3. The van der Waals surface area contributed by atoms with E-state index in [0.717, 1.165) is 31.9 Å². The number of hydrogen-bond acceptors (Lipinski definition) is 5. The quantitative estimate of drug-likeness (QED) is 0.453. The summed E-state index contributed by atoms with van der Waals surface area (Å²) in [7, 11) is 0. The zero-order valence-corrected chi connectivity index (χ0v) is 16.5. The highest BCUT2D eigenvalue weighted by molar-refractivity contribution is 5.98. The number of unbranched alkanes of at least 4 members (excludes halogenated alkanes) is 1. The number of nitrogens with one attached hydrogen (secondary N) is 2. The van der Waals surface area contributed by atoms with Crippen molar-refractivity contribution >= 4 is 23.5 Å². The third-order valence-electron chi connectivity index (χ3n) is 5.84. The average molecular weight is 406 g/mol. The Morgan fingerprint density at radius 2 is 2.14 bits per heavy atom. The predicted molar refractivity (Wildman–Crippen MR) is 102 cm³/mol. The molecule has 1 spiro atoms. The van der Waals surface area contributed by atoms with Crippen LogP contribution >= 0.6 is 0 Å². The van der Waals surface area contributed by atoms with Crippen LogP contribution in [0.15, 0.2) is 18.3 Å². The average Bonchev–Trinajstić information content (AvgIpc) is 3.36. The van der Waals surface area contributed by atoms with Gasteiger partial charge in [0.15, 0.2) is 0 Å². The molecule has 2 heterocycles. The maximum Gasteiger partial charge on any atom is 0.248 e. The Morgan fingerprint density at radius 3 is 2.72 bits per heavy atom. The molecule has 2 fully saturated rings. The van der Waals surface area contributed by atoms with Gasteiger partial charge in [-0.15, -0.1) is 0 Å². The van der Waals surface area contributed by atoms with E-state index in [9.17, 15) is 18.8 Å². The number of halogens is 1. The lowest BCUT2D eigenvalue weighted by Gasteiger charge is -2.28. The summed E-state index contributed by atoms with van der Waals surface area (Å²) in [6.45, 7) is 2.48. The summed E-state index contributed by atoms with van der Waals surface area (Å²) in [6.07, 6.45) is 5.55. The fraction of sp³-hybridized carbons (Fsp3) is 0.600. The van der Waals surface area contributed by atoms with Gasteiger partial charge in [0.1, 0.15) is 17.7 Å². The van der Waals surface area contributed by atoms with E-state index >= 15 is 0 Å². The van der Waals surface area contributed by atoms with E-state index in [1.165, 1.54) is 12.1 Å². The maximum atomic E-state index is 13.2. The van der Waals surface area contributed by atoms with Gasteiger partial charge in [0.2, 0.25) is 17.7 Å². The van der Waals surface area contributed by atoms with E-state index in [0.29, 0.717) is 19.4 Å². The first-order valence-electron chi connectivity index (χ1n) is 10.0. The summed E-state index contributed by atoms with van der Waals surface area (Å²) in [4.78, 5) is 43.2. The molecule has 1 aliphatic carbocycles. The lowest BCUT2D eigenvalue weighted by atomic mass is 9.96. The number of carbonyl (C=O) groups excluding carboxylic acids is 3. The van der Waals surface area contributed by atoms with Crippen LogP contribution in [-0.4, -0.2) is 45.4 Å². The monoisotopic (exact) mass is 406 g/mol. The van der Waals surface area contributed by atoms with Crippen molar-refractivity contribution in [3.8, 4) is 0 Å². The summed E-state index contributed by atoms with van der Waals surface area (Å²) < 4.78 is 13.0. The molecule has 1 aromatic rings. The molecule has 3 amide bonds. The summed E-state index contributed by atoms with van der Waals surface area (Å²) >= 11 is 0. The van der Waals surface area contributed by atoms with Crippen molar-refractivity contribution in [2.24, 2.45) is 11.3 Å². The second-order valence-corrected chi connectivity index (χ2v) is 8.12. The highest BCUT2D eigenvalue weighted by Gasteiger charge is 2.55. The maximum absolute atomic E-state index is 13.2. The molecule has 1 saturated heterocycles. The number of nitrogens with zero attached hydrogens (tertiary/aromatic N) is 2. The first-order valence-corrected chi connectivity index (χ1v) is 10.0. The minimum Gasteiger partial charge on any atom is -0.330 e. The van der Waals surface area contributed by atoms with Crippen LogP contribution in [0.2, 0.25) is 0 Å². The number of hydroxylamine groups is 1. The molecule has 158 valence electrons. The van der Waals surface area contributed by atoms with Crippen LogP contribution in [-0.2, 0) is 14.4 Å². The van der Waals surface area contributed by atoms with Crippen molar-refractivity contribution in [2.75, 3.05) is 11.9 Å². The molecule has 29 heavy (non-hydrogen) atoms. The van der Waals surface area contributed by atoms with Crippen LogP contribution in [0.25, 0.3) is 0 Å². The van der Waals surface area contributed by atoms with E-state index in [2.05, 4.69) is 10.3 Å². The summed E-state index contributed by atoms with van der Waals surface area (Å²) in [5, 5.41) is 11.5. The topological polar surface area (TPSA) is 112 Å². The van der Waals surface area contributed by atoms with Gasteiger partial charge in [-0.1, -0.05) is 19.8 Å². The zero-order chi connectivity index (χ0) is 21.0. The van der Waals surface area contributed by atoms with Crippen LogP contribution in [0.4, 0.5) is 10.2 Å². The highest BCUT2D eigenvalue weighted by Crippen LogP contribution is 2.55. The first kappa shape index (κ1) is 21.2. The largest absolute Gasteiger partial charge is 0.330 e. The normalized spacial score (nSPS) is 20.4. The van der Waals surface area contributed by atoms with Crippen molar-refractivity contribution in [1.29, 1.82) is 0 Å². The molecule has 0 unspecified atom stereocenters. The number of carbonyl (C=O) groups is 3. The van der Waals surface area contributed by atoms with Crippen LogP contribution < -0.4 is 10.8 Å². The highest BCUT2D eigenvalue weighted by atomic mass is 19.1.